The minimum absolute atomic E-state index is 0.0149. The fourth-order valence-electron chi connectivity index (χ4n) is 1.90. The van der Waals surface area contributed by atoms with Crippen LogP contribution in [0.3, 0.4) is 0 Å². The zero-order valence-electron chi connectivity index (χ0n) is 12.1. The van der Waals surface area contributed by atoms with Crippen LogP contribution in [0.15, 0.2) is 42.5 Å². The van der Waals surface area contributed by atoms with Crippen molar-refractivity contribution in [3.63, 3.8) is 0 Å². The van der Waals surface area contributed by atoms with Gasteiger partial charge in [0, 0.05) is 6.07 Å². The third kappa shape index (κ3) is 3.05. The van der Waals surface area contributed by atoms with Gasteiger partial charge in [-0.3, -0.25) is 0 Å². The monoisotopic (exact) mass is 272 g/mol. The molecule has 0 atom stereocenters. The van der Waals surface area contributed by atoms with E-state index >= 15 is 0 Å². The highest BCUT2D eigenvalue weighted by molar-refractivity contribution is 5.46. The molecule has 0 unspecified atom stereocenters. The van der Waals surface area contributed by atoms with Gasteiger partial charge in [-0.15, -0.1) is 0 Å². The van der Waals surface area contributed by atoms with Gasteiger partial charge in [-0.05, 0) is 41.7 Å². The molecule has 2 rings (SSSR count). The molecule has 0 bridgehead atoms. The standard InChI is InChI=1S/C17H20O3/c1-4-17(2,3)12-8-9-16(15(19)10-12)20-14-7-5-6-13(18)11-14/h5-11,18-19H,4H2,1-3H3. The molecule has 106 valence electrons. The van der Waals surface area contributed by atoms with E-state index in [2.05, 4.69) is 20.8 Å². The Bertz CT molecular complexity index is 603. The molecule has 2 N–H and O–H groups in total. The van der Waals surface area contributed by atoms with Crippen LogP contribution in [0.25, 0.3) is 0 Å². The summed E-state index contributed by atoms with van der Waals surface area (Å²) in [6.07, 6.45) is 0.985. The van der Waals surface area contributed by atoms with E-state index in [-0.39, 0.29) is 16.9 Å². The lowest BCUT2D eigenvalue weighted by Gasteiger charge is -2.23. The number of hydrogen-bond donors (Lipinski definition) is 2. The smallest absolute Gasteiger partial charge is 0.169 e. The molecule has 2 aromatic rings. The SMILES string of the molecule is CCC(C)(C)c1ccc(Oc2cccc(O)c2)c(O)c1. The summed E-state index contributed by atoms with van der Waals surface area (Å²) in [7, 11) is 0. The van der Waals surface area contributed by atoms with Crippen molar-refractivity contribution in [3.05, 3.63) is 48.0 Å². The molecule has 0 radical (unpaired) electrons. The molecule has 20 heavy (non-hydrogen) atoms. The van der Waals surface area contributed by atoms with Crippen molar-refractivity contribution < 1.29 is 14.9 Å². The number of aromatic hydroxyl groups is 2. The molecule has 0 aromatic heterocycles. The highest BCUT2D eigenvalue weighted by atomic mass is 16.5. The van der Waals surface area contributed by atoms with Gasteiger partial charge >= 0.3 is 0 Å². The largest absolute Gasteiger partial charge is 0.508 e. The number of phenolic OH excluding ortho intramolecular Hbond substituents is 2. The van der Waals surface area contributed by atoms with Crippen LogP contribution in [-0.2, 0) is 5.41 Å². The van der Waals surface area contributed by atoms with Crippen molar-refractivity contribution in [2.45, 2.75) is 32.6 Å². The Kier molecular flexibility index (Phi) is 3.89. The topological polar surface area (TPSA) is 49.7 Å². The number of hydrogen-bond acceptors (Lipinski definition) is 3. The zero-order valence-corrected chi connectivity index (χ0v) is 12.1. The fourth-order valence-corrected chi connectivity index (χ4v) is 1.90. The van der Waals surface area contributed by atoms with Crippen LogP contribution in [0, 0.1) is 0 Å². The molecular formula is C17H20O3. The Labute approximate surface area is 119 Å². The Balaban J connectivity index is 2.27. The van der Waals surface area contributed by atoms with Gasteiger partial charge in [-0.2, -0.15) is 0 Å². The molecule has 0 aliphatic heterocycles. The number of ether oxygens (including phenoxy) is 1. The zero-order chi connectivity index (χ0) is 14.8. The van der Waals surface area contributed by atoms with Crippen LogP contribution in [0.2, 0.25) is 0 Å². The summed E-state index contributed by atoms with van der Waals surface area (Å²) in [5.74, 6) is 1.10. The minimum atomic E-state index is 0.0149. The molecule has 0 fully saturated rings. The number of rotatable bonds is 4. The number of benzene rings is 2. The quantitative estimate of drug-likeness (QED) is 0.856. The average molecular weight is 272 g/mol. The van der Waals surface area contributed by atoms with E-state index in [1.807, 2.05) is 6.07 Å². The van der Waals surface area contributed by atoms with E-state index in [1.54, 1.807) is 30.3 Å². The Morgan fingerprint density at radius 1 is 1.05 bits per heavy atom. The lowest BCUT2D eigenvalue weighted by Crippen LogP contribution is -2.15. The lowest BCUT2D eigenvalue weighted by molar-refractivity contribution is 0.404. The fraction of sp³-hybridized carbons (Fsp3) is 0.294. The van der Waals surface area contributed by atoms with Crippen molar-refractivity contribution in [2.24, 2.45) is 0 Å². The van der Waals surface area contributed by atoms with Gasteiger partial charge in [0.15, 0.2) is 11.5 Å². The van der Waals surface area contributed by atoms with Crippen LogP contribution in [0.4, 0.5) is 0 Å². The molecule has 3 heteroatoms. The molecule has 0 aliphatic rings. The summed E-state index contributed by atoms with van der Waals surface area (Å²) >= 11 is 0. The van der Waals surface area contributed by atoms with E-state index in [4.69, 9.17) is 4.74 Å². The maximum Gasteiger partial charge on any atom is 0.169 e. The van der Waals surface area contributed by atoms with Gasteiger partial charge in [0.05, 0.1) is 0 Å². The van der Waals surface area contributed by atoms with Crippen molar-refractivity contribution in [2.75, 3.05) is 0 Å². The van der Waals surface area contributed by atoms with E-state index in [9.17, 15) is 10.2 Å². The third-order valence-electron chi connectivity index (χ3n) is 3.67. The van der Waals surface area contributed by atoms with Crippen LogP contribution in [-0.4, -0.2) is 10.2 Å². The van der Waals surface area contributed by atoms with E-state index in [1.165, 1.54) is 6.07 Å². The number of phenols is 2. The second-order valence-corrected chi connectivity index (χ2v) is 5.52. The second-order valence-electron chi connectivity index (χ2n) is 5.52. The predicted octanol–water partition coefficient (Wildman–Crippen LogP) is 4.58. The third-order valence-corrected chi connectivity index (χ3v) is 3.67. The molecule has 0 amide bonds. The van der Waals surface area contributed by atoms with Gasteiger partial charge in [0.25, 0.3) is 0 Å². The highest BCUT2D eigenvalue weighted by Crippen LogP contribution is 2.36. The average Bonchev–Trinajstić information content (AvgIpc) is 2.41. The summed E-state index contributed by atoms with van der Waals surface area (Å²) in [6.45, 7) is 6.39. The molecular weight excluding hydrogens is 252 g/mol. The van der Waals surface area contributed by atoms with Crippen LogP contribution in [0.1, 0.15) is 32.8 Å². The summed E-state index contributed by atoms with van der Waals surface area (Å²) in [5.41, 5.74) is 1.09. The molecule has 0 aliphatic carbocycles. The van der Waals surface area contributed by atoms with Crippen LogP contribution >= 0.6 is 0 Å². The molecule has 0 heterocycles. The highest BCUT2D eigenvalue weighted by Gasteiger charge is 2.19. The lowest BCUT2D eigenvalue weighted by atomic mass is 9.82. The predicted molar refractivity (Wildman–Crippen MR) is 79.6 cm³/mol. The van der Waals surface area contributed by atoms with Gasteiger partial charge in [-0.1, -0.05) is 32.9 Å². The van der Waals surface area contributed by atoms with Gasteiger partial charge < -0.3 is 14.9 Å². The first-order valence-corrected chi connectivity index (χ1v) is 6.73. The van der Waals surface area contributed by atoms with Gasteiger partial charge in [0.2, 0.25) is 0 Å². The first kappa shape index (κ1) is 14.3. The molecule has 0 saturated heterocycles. The molecule has 2 aromatic carbocycles. The summed E-state index contributed by atoms with van der Waals surface area (Å²) in [5, 5.41) is 19.5. The maximum atomic E-state index is 10.1. The molecule has 0 spiro atoms. The van der Waals surface area contributed by atoms with Gasteiger partial charge in [0.1, 0.15) is 11.5 Å². The Hall–Kier alpha value is -2.16. The van der Waals surface area contributed by atoms with Crippen molar-refractivity contribution >= 4 is 0 Å². The van der Waals surface area contributed by atoms with Crippen molar-refractivity contribution in [1.82, 2.24) is 0 Å². The van der Waals surface area contributed by atoms with Gasteiger partial charge in [-0.25, -0.2) is 0 Å². The van der Waals surface area contributed by atoms with Crippen molar-refractivity contribution in [3.8, 4) is 23.0 Å². The molecule has 3 nitrogen and oxygen atoms in total. The van der Waals surface area contributed by atoms with E-state index < -0.39 is 0 Å². The normalized spacial score (nSPS) is 11.3. The van der Waals surface area contributed by atoms with E-state index in [0.717, 1.165) is 12.0 Å². The Morgan fingerprint density at radius 2 is 1.80 bits per heavy atom. The Morgan fingerprint density at radius 3 is 2.40 bits per heavy atom. The molecule has 0 saturated carbocycles. The summed E-state index contributed by atoms with van der Waals surface area (Å²) in [4.78, 5) is 0. The minimum Gasteiger partial charge on any atom is -0.508 e. The van der Waals surface area contributed by atoms with Crippen LogP contribution < -0.4 is 4.74 Å². The first-order chi connectivity index (χ1) is 9.42. The van der Waals surface area contributed by atoms with Crippen molar-refractivity contribution in [1.29, 1.82) is 0 Å². The van der Waals surface area contributed by atoms with Crippen LogP contribution in [0.5, 0.6) is 23.0 Å². The summed E-state index contributed by atoms with van der Waals surface area (Å²) in [6, 6.07) is 11.9. The first-order valence-electron chi connectivity index (χ1n) is 6.73. The second kappa shape index (κ2) is 5.45. The maximum absolute atomic E-state index is 10.1. The van der Waals surface area contributed by atoms with E-state index in [0.29, 0.717) is 11.5 Å². The summed E-state index contributed by atoms with van der Waals surface area (Å²) < 4.78 is 5.58.